The number of aryl methyl sites for hydroxylation is 3. The predicted molar refractivity (Wildman–Crippen MR) is 61.3 cm³/mol. The summed E-state index contributed by atoms with van der Waals surface area (Å²) in [5, 5.41) is 7.65. The average molecular weight is 238 g/mol. The van der Waals surface area contributed by atoms with Gasteiger partial charge in [0.1, 0.15) is 17.4 Å². The highest BCUT2D eigenvalue weighted by Crippen LogP contribution is 2.22. The van der Waals surface area contributed by atoms with Crippen molar-refractivity contribution in [1.82, 2.24) is 20.2 Å². The Bertz CT molecular complexity index is 457. The third-order valence-electron chi connectivity index (χ3n) is 2.24. The van der Waals surface area contributed by atoms with Gasteiger partial charge < -0.3 is 4.42 Å². The maximum Gasteiger partial charge on any atom is 0.256 e. The molecule has 0 fully saturated rings. The number of thioether (sulfide) groups is 1. The number of hydrogen-bond donors (Lipinski definition) is 1. The van der Waals surface area contributed by atoms with Crippen molar-refractivity contribution >= 4 is 11.8 Å². The second-order valence-corrected chi connectivity index (χ2v) is 4.39. The number of aromatic amines is 1. The molecule has 1 N–H and O–H groups in total. The first-order chi connectivity index (χ1) is 7.69. The Morgan fingerprint density at radius 1 is 1.31 bits per heavy atom. The molecule has 2 heterocycles. The van der Waals surface area contributed by atoms with Gasteiger partial charge in [0.2, 0.25) is 0 Å². The van der Waals surface area contributed by atoms with Gasteiger partial charge in [-0.1, -0.05) is 18.7 Å². The van der Waals surface area contributed by atoms with E-state index in [4.69, 9.17) is 4.42 Å². The molecule has 0 aliphatic rings. The van der Waals surface area contributed by atoms with Gasteiger partial charge in [0.05, 0.1) is 11.4 Å². The van der Waals surface area contributed by atoms with Gasteiger partial charge in [-0.3, -0.25) is 5.10 Å². The van der Waals surface area contributed by atoms with Crippen LogP contribution in [0.25, 0.3) is 0 Å². The highest BCUT2D eigenvalue weighted by molar-refractivity contribution is 7.98. The van der Waals surface area contributed by atoms with Crippen molar-refractivity contribution in [2.75, 3.05) is 0 Å². The van der Waals surface area contributed by atoms with E-state index in [1.807, 2.05) is 20.8 Å². The van der Waals surface area contributed by atoms with Crippen molar-refractivity contribution in [1.29, 1.82) is 0 Å². The van der Waals surface area contributed by atoms with E-state index in [2.05, 4.69) is 20.2 Å². The molecule has 2 aromatic heterocycles. The lowest BCUT2D eigenvalue weighted by Gasteiger charge is -1.91. The van der Waals surface area contributed by atoms with Gasteiger partial charge in [0.25, 0.3) is 5.22 Å². The summed E-state index contributed by atoms with van der Waals surface area (Å²) in [6.45, 7) is 5.88. The van der Waals surface area contributed by atoms with E-state index in [0.29, 0.717) is 11.0 Å². The van der Waals surface area contributed by atoms with E-state index >= 15 is 0 Å². The molecule has 0 aromatic carbocycles. The standard InChI is InChI=1S/C10H14N4OS/c1-4-8-12-9(14-13-8)5-16-10-11-6(2)7(3)15-10/h4-5H2,1-3H3,(H,12,13,14). The number of nitrogens with zero attached hydrogens (tertiary/aromatic N) is 3. The lowest BCUT2D eigenvalue weighted by Crippen LogP contribution is -1.85. The van der Waals surface area contributed by atoms with Gasteiger partial charge in [0.15, 0.2) is 0 Å². The highest BCUT2D eigenvalue weighted by atomic mass is 32.2. The Kier molecular flexibility index (Phi) is 3.28. The van der Waals surface area contributed by atoms with Gasteiger partial charge in [0, 0.05) is 6.42 Å². The Hall–Kier alpha value is -1.30. The molecule has 0 aliphatic carbocycles. The topological polar surface area (TPSA) is 67.6 Å². The zero-order valence-electron chi connectivity index (χ0n) is 9.57. The minimum Gasteiger partial charge on any atom is -0.437 e. The minimum absolute atomic E-state index is 0.685. The van der Waals surface area contributed by atoms with Gasteiger partial charge >= 0.3 is 0 Å². The molecule has 2 aromatic rings. The van der Waals surface area contributed by atoms with Crippen LogP contribution in [0.1, 0.15) is 30.0 Å². The summed E-state index contributed by atoms with van der Waals surface area (Å²) in [6, 6.07) is 0. The van der Waals surface area contributed by atoms with Crippen LogP contribution in [-0.2, 0) is 12.2 Å². The van der Waals surface area contributed by atoms with Crippen LogP contribution >= 0.6 is 11.8 Å². The van der Waals surface area contributed by atoms with Crippen LogP contribution in [0.4, 0.5) is 0 Å². The van der Waals surface area contributed by atoms with Crippen LogP contribution < -0.4 is 0 Å². The Morgan fingerprint density at radius 3 is 2.69 bits per heavy atom. The molecule has 0 radical (unpaired) electrons. The summed E-state index contributed by atoms with van der Waals surface area (Å²) in [6.07, 6.45) is 0.846. The summed E-state index contributed by atoms with van der Waals surface area (Å²) in [5.41, 5.74) is 0.939. The van der Waals surface area contributed by atoms with Crippen molar-refractivity contribution in [2.45, 2.75) is 38.2 Å². The largest absolute Gasteiger partial charge is 0.437 e. The number of aromatic nitrogens is 4. The third-order valence-corrected chi connectivity index (χ3v) is 3.07. The molecule has 0 saturated heterocycles. The van der Waals surface area contributed by atoms with E-state index in [9.17, 15) is 0 Å². The number of oxazole rings is 1. The van der Waals surface area contributed by atoms with E-state index in [1.165, 1.54) is 11.8 Å². The molecule has 0 saturated carbocycles. The Balaban J connectivity index is 1.96. The SMILES string of the molecule is CCc1n[nH]c(CSc2nc(C)c(C)o2)n1. The third kappa shape index (κ3) is 2.44. The van der Waals surface area contributed by atoms with Crippen molar-refractivity contribution in [2.24, 2.45) is 0 Å². The quantitative estimate of drug-likeness (QED) is 0.827. The van der Waals surface area contributed by atoms with E-state index in [-0.39, 0.29) is 0 Å². The van der Waals surface area contributed by atoms with E-state index in [0.717, 1.165) is 29.5 Å². The number of H-pyrrole nitrogens is 1. The Morgan fingerprint density at radius 2 is 2.12 bits per heavy atom. The average Bonchev–Trinajstić information content (AvgIpc) is 2.84. The van der Waals surface area contributed by atoms with Crippen molar-refractivity contribution < 1.29 is 4.42 Å². The smallest absolute Gasteiger partial charge is 0.256 e. The Labute approximate surface area is 98.1 Å². The molecular formula is C10H14N4OS. The molecular weight excluding hydrogens is 224 g/mol. The van der Waals surface area contributed by atoms with Crippen LogP contribution in [0.3, 0.4) is 0 Å². The number of rotatable bonds is 4. The molecule has 2 rings (SSSR count). The molecule has 0 aliphatic heterocycles. The summed E-state index contributed by atoms with van der Waals surface area (Å²) < 4.78 is 5.46. The van der Waals surface area contributed by atoms with Crippen molar-refractivity contribution in [3.8, 4) is 0 Å². The monoisotopic (exact) mass is 238 g/mol. The fraction of sp³-hybridized carbons (Fsp3) is 0.500. The first-order valence-corrected chi connectivity index (χ1v) is 6.14. The van der Waals surface area contributed by atoms with Gasteiger partial charge in [-0.15, -0.1) is 0 Å². The summed E-state index contributed by atoms with van der Waals surface area (Å²) in [7, 11) is 0. The molecule has 16 heavy (non-hydrogen) atoms. The van der Waals surface area contributed by atoms with Crippen molar-refractivity contribution in [3.05, 3.63) is 23.1 Å². The lowest BCUT2D eigenvalue weighted by atomic mass is 10.4. The minimum atomic E-state index is 0.685. The molecule has 0 bridgehead atoms. The molecule has 0 unspecified atom stereocenters. The molecule has 0 spiro atoms. The fourth-order valence-electron chi connectivity index (χ4n) is 1.19. The van der Waals surface area contributed by atoms with Gasteiger partial charge in [-0.2, -0.15) is 5.10 Å². The second-order valence-electron chi connectivity index (χ2n) is 3.46. The molecule has 6 heteroatoms. The molecule has 86 valence electrons. The van der Waals surface area contributed by atoms with Crippen LogP contribution in [0.5, 0.6) is 0 Å². The van der Waals surface area contributed by atoms with Crippen molar-refractivity contribution in [3.63, 3.8) is 0 Å². The van der Waals surface area contributed by atoms with Crippen LogP contribution in [0.15, 0.2) is 9.64 Å². The van der Waals surface area contributed by atoms with Crippen LogP contribution in [-0.4, -0.2) is 20.2 Å². The number of hydrogen-bond acceptors (Lipinski definition) is 5. The predicted octanol–water partition coefficient (Wildman–Crippen LogP) is 2.26. The number of nitrogens with one attached hydrogen (secondary N) is 1. The zero-order valence-corrected chi connectivity index (χ0v) is 10.4. The lowest BCUT2D eigenvalue weighted by molar-refractivity contribution is 0.431. The second kappa shape index (κ2) is 4.69. The molecule has 0 atom stereocenters. The summed E-state index contributed by atoms with van der Waals surface area (Å²) >= 11 is 1.52. The van der Waals surface area contributed by atoms with Crippen LogP contribution in [0, 0.1) is 13.8 Å². The van der Waals surface area contributed by atoms with E-state index in [1.54, 1.807) is 0 Å². The summed E-state index contributed by atoms with van der Waals surface area (Å²) in [4.78, 5) is 8.60. The molecule has 5 nitrogen and oxygen atoms in total. The first kappa shape index (κ1) is 11.2. The zero-order chi connectivity index (χ0) is 11.5. The van der Waals surface area contributed by atoms with Gasteiger partial charge in [-0.25, -0.2) is 9.97 Å². The van der Waals surface area contributed by atoms with E-state index < -0.39 is 0 Å². The maximum absolute atomic E-state index is 5.46. The first-order valence-electron chi connectivity index (χ1n) is 5.16. The molecule has 0 amide bonds. The maximum atomic E-state index is 5.46. The normalized spacial score (nSPS) is 10.9. The highest BCUT2D eigenvalue weighted by Gasteiger charge is 2.08. The fourth-order valence-corrected chi connectivity index (χ4v) is 1.97. The summed E-state index contributed by atoms with van der Waals surface area (Å²) in [5.74, 6) is 3.27. The van der Waals surface area contributed by atoms with Crippen LogP contribution in [0.2, 0.25) is 0 Å². The van der Waals surface area contributed by atoms with Gasteiger partial charge in [-0.05, 0) is 13.8 Å².